The molecule has 7 nitrogen and oxygen atoms in total. The summed E-state index contributed by atoms with van der Waals surface area (Å²) in [6.45, 7) is 0.276. The van der Waals surface area contributed by atoms with Gasteiger partial charge in [0.1, 0.15) is 18.5 Å². The van der Waals surface area contributed by atoms with E-state index in [1.807, 2.05) is 0 Å². The van der Waals surface area contributed by atoms with E-state index in [-0.39, 0.29) is 36.2 Å². The van der Waals surface area contributed by atoms with Crippen molar-refractivity contribution in [3.8, 4) is 11.1 Å². The number of amides is 3. The zero-order chi connectivity index (χ0) is 21.3. The molecular weight excluding hydrogens is 389 g/mol. The van der Waals surface area contributed by atoms with Gasteiger partial charge in [-0.1, -0.05) is 24.3 Å². The minimum absolute atomic E-state index is 0.0553. The molecule has 1 fully saturated rings. The summed E-state index contributed by atoms with van der Waals surface area (Å²) >= 11 is 0. The normalized spacial score (nSPS) is 20.7. The molecule has 2 aromatic carbocycles. The van der Waals surface area contributed by atoms with Gasteiger partial charge in [0.15, 0.2) is 0 Å². The summed E-state index contributed by atoms with van der Waals surface area (Å²) in [6.07, 6.45) is 0.856. The molecule has 2 N–H and O–H groups in total. The Labute approximate surface area is 173 Å². The summed E-state index contributed by atoms with van der Waals surface area (Å²) in [7, 11) is 1.44. The lowest BCUT2D eigenvalue weighted by Crippen LogP contribution is -2.55. The molecule has 156 valence electrons. The van der Waals surface area contributed by atoms with Crippen molar-refractivity contribution in [2.24, 2.45) is 0 Å². The molecule has 2 heterocycles. The predicted octanol–water partition coefficient (Wildman–Crippen LogP) is 2.18. The quantitative estimate of drug-likeness (QED) is 0.807. The zero-order valence-electron chi connectivity index (χ0n) is 16.5. The van der Waals surface area contributed by atoms with Crippen LogP contribution in [0.4, 0.5) is 10.1 Å². The molecule has 2 aliphatic rings. The molecule has 8 heteroatoms. The molecule has 0 saturated carbocycles. The number of hydrogen-bond acceptors (Lipinski definition) is 4. The number of carbonyl (C=O) groups excluding carboxylic acids is 3. The number of hydrogen-bond donors (Lipinski definition) is 2. The molecule has 2 atom stereocenters. The molecule has 30 heavy (non-hydrogen) atoms. The lowest BCUT2D eigenvalue weighted by molar-refractivity contribution is -0.127. The number of methoxy groups -OCH3 is 1. The number of nitrogens with one attached hydrogen (secondary N) is 2. The Morgan fingerprint density at radius 2 is 2.03 bits per heavy atom. The van der Waals surface area contributed by atoms with Gasteiger partial charge in [0.25, 0.3) is 5.91 Å². The van der Waals surface area contributed by atoms with Gasteiger partial charge in [0.2, 0.25) is 11.8 Å². The van der Waals surface area contributed by atoms with Crippen LogP contribution in [0.15, 0.2) is 42.5 Å². The van der Waals surface area contributed by atoms with Gasteiger partial charge in [-0.05, 0) is 36.6 Å². The first kappa shape index (κ1) is 20.0. The number of fused-ring (bicyclic) bond motifs is 2. The Balaban J connectivity index is 1.61. The zero-order valence-corrected chi connectivity index (χ0v) is 16.5. The number of benzene rings is 2. The molecular formula is C22H22FN3O4. The van der Waals surface area contributed by atoms with Crippen LogP contribution in [-0.4, -0.2) is 55.0 Å². The Hall–Kier alpha value is -3.26. The van der Waals surface area contributed by atoms with E-state index in [9.17, 15) is 18.8 Å². The highest BCUT2D eigenvalue weighted by Crippen LogP contribution is 2.32. The minimum Gasteiger partial charge on any atom is -0.375 e. The number of ether oxygens (including phenoxy) is 1. The van der Waals surface area contributed by atoms with Crippen molar-refractivity contribution < 1.29 is 23.5 Å². The number of carbonyl (C=O) groups is 3. The maximum absolute atomic E-state index is 14.2. The number of halogens is 1. The lowest BCUT2D eigenvalue weighted by atomic mass is 9.95. The van der Waals surface area contributed by atoms with Crippen molar-refractivity contribution in [3.05, 3.63) is 53.8 Å². The lowest BCUT2D eigenvalue weighted by Gasteiger charge is -2.37. The number of piperidine rings is 1. The molecule has 0 bridgehead atoms. The molecule has 1 saturated heterocycles. The highest BCUT2D eigenvalue weighted by molar-refractivity contribution is 6.10. The molecule has 4 rings (SSSR count). The van der Waals surface area contributed by atoms with Gasteiger partial charge in [-0.3, -0.25) is 14.4 Å². The standard InChI is InChI=1S/C22H22FN3O4/c1-30-12-20(27)24-14-8-9-26-19(11-14)21(28)25-18-7-6-13(10-16(18)22(26)29)15-4-2-3-5-17(15)23/h2-7,10,14,19H,8-9,11-12H2,1H3,(H,24,27)(H,25,28). The Kier molecular flexibility index (Phi) is 5.50. The second-order valence-electron chi connectivity index (χ2n) is 7.47. The van der Waals surface area contributed by atoms with Crippen molar-refractivity contribution in [1.29, 1.82) is 0 Å². The maximum atomic E-state index is 14.2. The fourth-order valence-electron chi connectivity index (χ4n) is 4.05. The van der Waals surface area contributed by atoms with Crippen LogP contribution < -0.4 is 10.6 Å². The smallest absolute Gasteiger partial charge is 0.256 e. The second kappa shape index (κ2) is 8.23. The van der Waals surface area contributed by atoms with E-state index >= 15 is 0 Å². The van der Waals surface area contributed by atoms with Crippen molar-refractivity contribution in [1.82, 2.24) is 10.2 Å². The Morgan fingerprint density at radius 1 is 1.23 bits per heavy atom. The number of nitrogens with zero attached hydrogens (tertiary/aromatic N) is 1. The molecule has 2 aliphatic heterocycles. The third-order valence-corrected chi connectivity index (χ3v) is 5.50. The monoisotopic (exact) mass is 411 g/mol. The average Bonchev–Trinajstić information content (AvgIpc) is 2.83. The first-order valence-corrected chi connectivity index (χ1v) is 9.77. The Bertz CT molecular complexity index is 1010. The summed E-state index contributed by atoms with van der Waals surface area (Å²) in [5, 5.41) is 5.65. The van der Waals surface area contributed by atoms with E-state index in [0.717, 1.165) is 0 Å². The highest BCUT2D eigenvalue weighted by atomic mass is 19.1. The van der Waals surface area contributed by atoms with Crippen molar-refractivity contribution in [3.63, 3.8) is 0 Å². The Morgan fingerprint density at radius 3 is 2.80 bits per heavy atom. The third kappa shape index (κ3) is 3.78. The van der Waals surface area contributed by atoms with E-state index in [0.29, 0.717) is 41.8 Å². The van der Waals surface area contributed by atoms with Crippen molar-refractivity contribution in [2.75, 3.05) is 25.6 Å². The third-order valence-electron chi connectivity index (χ3n) is 5.50. The molecule has 2 aromatic rings. The molecule has 0 radical (unpaired) electrons. The topological polar surface area (TPSA) is 87.7 Å². The van der Waals surface area contributed by atoms with Gasteiger partial charge in [-0.25, -0.2) is 4.39 Å². The van der Waals surface area contributed by atoms with E-state index in [1.54, 1.807) is 36.4 Å². The van der Waals surface area contributed by atoms with Crippen LogP contribution >= 0.6 is 0 Å². The van der Waals surface area contributed by atoms with Crippen LogP contribution in [0.5, 0.6) is 0 Å². The molecule has 3 amide bonds. The summed E-state index contributed by atoms with van der Waals surface area (Å²) in [5.41, 5.74) is 1.68. The van der Waals surface area contributed by atoms with Crippen LogP contribution in [0, 0.1) is 5.82 Å². The minimum atomic E-state index is -0.691. The van der Waals surface area contributed by atoms with Gasteiger partial charge in [-0.2, -0.15) is 0 Å². The fraction of sp³-hybridized carbons (Fsp3) is 0.318. The summed E-state index contributed by atoms with van der Waals surface area (Å²) in [6, 6.07) is 10.4. The maximum Gasteiger partial charge on any atom is 0.256 e. The second-order valence-corrected chi connectivity index (χ2v) is 7.47. The van der Waals surface area contributed by atoms with E-state index in [2.05, 4.69) is 10.6 Å². The largest absolute Gasteiger partial charge is 0.375 e. The van der Waals surface area contributed by atoms with Gasteiger partial charge in [0.05, 0.1) is 11.3 Å². The van der Waals surface area contributed by atoms with Gasteiger partial charge >= 0.3 is 0 Å². The fourth-order valence-corrected chi connectivity index (χ4v) is 4.05. The number of rotatable bonds is 4. The molecule has 2 unspecified atom stereocenters. The molecule has 0 aromatic heterocycles. The van der Waals surface area contributed by atoms with Crippen LogP contribution in [-0.2, 0) is 14.3 Å². The predicted molar refractivity (Wildman–Crippen MR) is 108 cm³/mol. The first-order chi connectivity index (χ1) is 14.5. The van der Waals surface area contributed by atoms with Crippen LogP contribution in [0.1, 0.15) is 23.2 Å². The SMILES string of the molecule is COCC(=O)NC1CCN2C(=O)c3cc(-c4ccccc4F)ccc3NC(=O)C2C1. The van der Waals surface area contributed by atoms with E-state index in [4.69, 9.17) is 4.74 Å². The van der Waals surface area contributed by atoms with E-state index in [1.165, 1.54) is 18.1 Å². The average molecular weight is 411 g/mol. The van der Waals surface area contributed by atoms with Crippen LogP contribution in [0.2, 0.25) is 0 Å². The molecule has 0 spiro atoms. The van der Waals surface area contributed by atoms with Crippen LogP contribution in [0.25, 0.3) is 11.1 Å². The highest BCUT2D eigenvalue weighted by Gasteiger charge is 2.40. The van der Waals surface area contributed by atoms with Crippen LogP contribution in [0.3, 0.4) is 0 Å². The van der Waals surface area contributed by atoms with E-state index < -0.39 is 6.04 Å². The first-order valence-electron chi connectivity index (χ1n) is 9.77. The van der Waals surface area contributed by atoms with Crippen molar-refractivity contribution >= 4 is 23.4 Å². The van der Waals surface area contributed by atoms with Gasteiger partial charge < -0.3 is 20.3 Å². The summed E-state index contributed by atoms with van der Waals surface area (Å²) < 4.78 is 19.0. The summed E-state index contributed by atoms with van der Waals surface area (Å²) in [5.74, 6) is -1.22. The van der Waals surface area contributed by atoms with Gasteiger partial charge in [-0.15, -0.1) is 0 Å². The molecule has 0 aliphatic carbocycles. The number of anilines is 1. The van der Waals surface area contributed by atoms with Gasteiger partial charge in [0, 0.05) is 25.3 Å². The van der Waals surface area contributed by atoms with Crippen molar-refractivity contribution in [2.45, 2.75) is 24.9 Å². The summed E-state index contributed by atoms with van der Waals surface area (Å²) in [4.78, 5) is 39.4.